The average Bonchev–Trinajstić information content (AvgIpc) is 2.61. The summed E-state index contributed by atoms with van der Waals surface area (Å²) in [6.45, 7) is 25.7. The van der Waals surface area contributed by atoms with E-state index in [2.05, 4.69) is 87.5 Å². The lowest BCUT2D eigenvalue weighted by molar-refractivity contribution is 0.605. The maximum absolute atomic E-state index is 2.30. The highest BCUT2D eigenvalue weighted by atomic mass is 14.1. The Morgan fingerprint density at radius 3 is 1.38 bits per heavy atom. The largest absolute Gasteiger partial charge is 0.0877 e. The first-order valence-corrected chi connectivity index (χ1v) is 11.8. The van der Waals surface area contributed by atoms with Crippen LogP contribution in [-0.4, -0.2) is 0 Å². The lowest BCUT2D eigenvalue weighted by atomic mass is 9.96. The van der Waals surface area contributed by atoms with Crippen molar-refractivity contribution in [2.75, 3.05) is 0 Å². The van der Waals surface area contributed by atoms with Gasteiger partial charge in [0.15, 0.2) is 0 Å². The Labute approximate surface area is 171 Å². The number of unbranched alkanes of at least 4 members (excludes halogenated alkanes) is 4. The van der Waals surface area contributed by atoms with Crippen LogP contribution in [0.5, 0.6) is 0 Å². The zero-order valence-electron chi connectivity index (χ0n) is 21.2. The Hall–Kier alpha value is -0.520. The van der Waals surface area contributed by atoms with Crippen molar-refractivity contribution in [3.63, 3.8) is 0 Å². The molecule has 0 rings (SSSR count). The van der Waals surface area contributed by atoms with Gasteiger partial charge in [-0.05, 0) is 25.7 Å². The Bertz CT molecular complexity index is 215. The fraction of sp³-hybridized carbons (Fsp3) is 0.846. The smallest absolute Gasteiger partial charge is 0.0257 e. The second kappa shape index (κ2) is 44.2. The molecular weight excluding hydrogens is 312 g/mol. The van der Waals surface area contributed by atoms with E-state index in [1.807, 2.05) is 13.8 Å². The van der Waals surface area contributed by atoms with Crippen LogP contribution in [0.25, 0.3) is 0 Å². The molecule has 162 valence electrons. The summed E-state index contributed by atoms with van der Waals surface area (Å²) in [6, 6.07) is 0. The van der Waals surface area contributed by atoms with Crippen molar-refractivity contribution in [3.05, 3.63) is 23.8 Å². The summed E-state index contributed by atoms with van der Waals surface area (Å²) in [5.41, 5.74) is 1.60. The number of allylic oxidation sites excluding steroid dienone is 4. The average molecular weight is 371 g/mol. The minimum absolute atomic E-state index is 0.701. The molecular formula is C26H58. The Morgan fingerprint density at radius 2 is 1.08 bits per heavy atom. The van der Waals surface area contributed by atoms with Crippen molar-refractivity contribution in [1.82, 2.24) is 0 Å². The van der Waals surface area contributed by atoms with Crippen molar-refractivity contribution in [3.8, 4) is 0 Å². The highest BCUT2D eigenvalue weighted by Crippen LogP contribution is 2.18. The van der Waals surface area contributed by atoms with Gasteiger partial charge >= 0.3 is 0 Å². The van der Waals surface area contributed by atoms with Crippen LogP contribution in [0.4, 0.5) is 0 Å². The van der Waals surface area contributed by atoms with Crippen LogP contribution >= 0.6 is 0 Å². The zero-order valence-corrected chi connectivity index (χ0v) is 21.2. The van der Waals surface area contributed by atoms with Gasteiger partial charge in [-0.15, -0.1) is 0 Å². The first kappa shape index (κ1) is 36.4. The lowest BCUT2D eigenvalue weighted by Crippen LogP contribution is -1.94. The first-order valence-electron chi connectivity index (χ1n) is 11.8. The molecule has 0 saturated carbocycles. The number of rotatable bonds is 8. The molecule has 0 aromatic rings. The molecule has 26 heavy (non-hydrogen) atoms. The van der Waals surface area contributed by atoms with Crippen molar-refractivity contribution in [2.24, 2.45) is 5.92 Å². The minimum atomic E-state index is 0.701. The first-order chi connectivity index (χ1) is 12.5. The summed E-state index contributed by atoms with van der Waals surface area (Å²) in [5.74, 6) is 0.701. The van der Waals surface area contributed by atoms with E-state index in [0.29, 0.717) is 5.92 Å². The molecule has 0 aliphatic carbocycles. The molecule has 0 bridgehead atoms. The predicted molar refractivity (Wildman–Crippen MR) is 130 cm³/mol. The normalized spacial score (nSPS) is 9.81. The third-order valence-electron chi connectivity index (χ3n) is 2.81. The van der Waals surface area contributed by atoms with Gasteiger partial charge in [0, 0.05) is 0 Å². The van der Waals surface area contributed by atoms with E-state index in [1.165, 1.54) is 57.8 Å². The predicted octanol–water partition coefficient (Wildman–Crippen LogP) is 10.8. The maximum atomic E-state index is 2.30. The molecule has 0 radical (unpaired) electrons. The van der Waals surface area contributed by atoms with Gasteiger partial charge in [-0.25, -0.2) is 0 Å². The summed E-state index contributed by atoms with van der Waals surface area (Å²) in [7, 11) is 0. The summed E-state index contributed by atoms with van der Waals surface area (Å²) >= 11 is 0. The van der Waals surface area contributed by atoms with Gasteiger partial charge < -0.3 is 0 Å². The van der Waals surface area contributed by atoms with Gasteiger partial charge in [0.25, 0.3) is 0 Å². The van der Waals surface area contributed by atoms with Crippen molar-refractivity contribution >= 4 is 0 Å². The molecule has 0 amide bonds. The van der Waals surface area contributed by atoms with Crippen LogP contribution in [0.2, 0.25) is 0 Å². The third kappa shape index (κ3) is 56.6. The topological polar surface area (TPSA) is 0 Å². The van der Waals surface area contributed by atoms with Crippen molar-refractivity contribution in [2.45, 2.75) is 141 Å². The molecule has 0 N–H and O–H groups in total. The SMILES string of the molecule is C/C=C\C=C(\CCCCCCC)C(C)C.CC.CCC.CCC.CCC. The summed E-state index contributed by atoms with van der Waals surface area (Å²) in [6.07, 6.45) is 18.5. The van der Waals surface area contributed by atoms with Crippen LogP contribution in [0.3, 0.4) is 0 Å². The third-order valence-corrected chi connectivity index (χ3v) is 2.81. The highest BCUT2D eigenvalue weighted by molar-refractivity contribution is 5.13. The molecule has 0 aliphatic rings. The Morgan fingerprint density at radius 1 is 0.692 bits per heavy atom. The maximum Gasteiger partial charge on any atom is -0.0257 e. The Kier molecular flexibility index (Phi) is 61.8. The molecule has 0 heteroatoms. The molecule has 0 aromatic heterocycles. The van der Waals surface area contributed by atoms with Crippen LogP contribution < -0.4 is 0 Å². The molecule has 0 aromatic carbocycles. The molecule has 0 saturated heterocycles. The monoisotopic (exact) mass is 370 g/mol. The van der Waals surface area contributed by atoms with Crippen molar-refractivity contribution in [1.29, 1.82) is 0 Å². The van der Waals surface area contributed by atoms with Gasteiger partial charge in [0.2, 0.25) is 0 Å². The fourth-order valence-corrected chi connectivity index (χ4v) is 1.72. The van der Waals surface area contributed by atoms with Crippen LogP contribution in [-0.2, 0) is 0 Å². The van der Waals surface area contributed by atoms with Crippen LogP contribution in [0.15, 0.2) is 23.8 Å². The van der Waals surface area contributed by atoms with E-state index in [1.54, 1.807) is 5.57 Å². The molecule has 0 spiro atoms. The molecule has 0 heterocycles. The van der Waals surface area contributed by atoms with Gasteiger partial charge in [0.05, 0.1) is 0 Å². The van der Waals surface area contributed by atoms with E-state index in [9.17, 15) is 0 Å². The van der Waals surface area contributed by atoms with Gasteiger partial charge in [0.1, 0.15) is 0 Å². The minimum Gasteiger partial charge on any atom is -0.0877 e. The summed E-state index contributed by atoms with van der Waals surface area (Å²) < 4.78 is 0. The molecule has 0 atom stereocenters. The molecule has 0 unspecified atom stereocenters. The summed E-state index contributed by atoms with van der Waals surface area (Å²) in [5, 5.41) is 0. The van der Waals surface area contributed by atoms with E-state index in [-0.39, 0.29) is 0 Å². The van der Waals surface area contributed by atoms with Crippen LogP contribution in [0.1, 0.15) is 141 Å². The second-order valence-electron chi connectivity index (χ2n) is 6.71. The van der Waals surface area contributed by atoms with Crippen LogP contribution in [0, 0.1) is 5.92 Å². The molecule has 0 nitrogen and oxygen atoms in total. The quantitative estimate of drug-likeness (QED) is 0.294. The highest BCUT2D eigenvalue weighted by Gasteiger charge is 2.01. The van der Waals surface area contributed by atoms with Gasteiger partial charge in [-0.3, -0.25) is 0 Å². The van der Waals surface area contributed by atoms with Crippen molar-refractivity contribution < 1.29 is 0 Å². The zero-order chi connectivity index (χ0) is 21.6. The Balaban J connectivity index is -0.000000110. The van der Waals surface area contributed by atoms with E-state index >= 15 is 0 Å². The van der Waals surface area contributed by atoms with E-state index in [0.717, 1.165) is 0 Å². The standard InChI is InChI=1S/C15H28.3C3H8.C2H6/c1-5-7-9-10-11-13-15(14(3)4)12-8-6-2;3*1-3-2;1-2/h6,8,12,14H,5,7,9-11,13H2,1-4H3;3*3H2,1-2H3;1-2H3/b8-6-,15-12-;;;;. The number of hydrogen-bond acceptors (Lipinski definition) is 0. The fourth-order valence-electron chi connectivity index (χ4n) is 1.72. The van der Waals surface area contributed by atoms with Gasteiger partial charge in [-0.1, -0.05) is 145 Å². The second-order valence-corrected chi connectivity index (χ2v) is 6.71. The summed E-state index contributed by atoms with van der Waals surface area (Å²) in [4.78, 5) is 0. The number of hydrogen-bond donors (Lipinski definition) is 0. The van der Waals surface area contributed by atoms with E-state index < -0.39 is 0 Å². The van der Waals surface area contributed by atoms with Gasteiger partial charge in [-0.2, -0.15) is 0 Å². The lowest BCUT2D eigenvalue weighted by Gasteiger charge is -2.10. The van der Waals surface area contributed by atoms with E-state index in [4.69, 9.17) is 0 Å². The molecule has 0 fully saturated rings. The molecule has 0 aliphatic heterocycles.